The highest BCUT2D eigenvalue weighted by Gasteiger charge is 2.11. The fourth-order valence-corrected chi connectivity index (χ4v) is 2.05. The van der Waals surface area contributed by atoms with Crippen LogP contribution in [0.1, 0.15) is 36.1 Å². The van der Waals surface area contributed by atoms with Gasteiger partial charge >= 0.3 is 0 Å². The minimum Gasteiger partial charge on any atom is -0.496 e. The summed E-state index contributed by atoms with van der Waals surface area (Å²) in [5.74, 6) is 1.05. The van der Waals surface area contributed by atoms with Gasteiger partial charge in [-0.1, -0.05) is 13.8 Å². The molecule has 1 rings (SSSR count). The molecule has 0 radical (unpaired) electrons. The minimum absolute atomic E-state index is 1.05. The number of ether oxygens (including phenoxy) is 1. The Morgan fingerprint density at radius 1 is 1.07 bits per heavy atom. The molecule has 78 valence electrons. The summed E-state index contributed by atoms with van der Waals surface area (Å²) in [6.45, 7) is 8.75. The van der Waals surface area contributed by atoms with Gasteiger partial charge in [-0.15, -0.1) is 0 Å². The minimum atomic E-state index is 1.05. The molecule has 0 N–H and O–H groups in total. The van der Waals surface area contributed by atoms with Crippen LogP contribution in [0.3, 0.4) is 0 Å². The van der Waals surface area contributed by atoms with Crippen molar-refractivity contribution in [1.82, 2.24) is 0 Å². The number of rotatable bonds is 3. The second-order valence-corrected chi connectivity index (χ2v) is 3.68. The van der Waals surface area contributed by atoms with Gasteiger partial charge in [0.25, 0.3) is 0 Å². The molecule has 1 aromatic carbocycles. The molecule has 0 spiro atoms. The summed E-state index contributed by atoms with van der Waals surface area (Å²) in [6.07, 6.45) is 2.14. The van der Waals surface area contributed by atoms with Crippen molar-refractivity contribution in [2.45, 2.75) is 40.5 Å². The van der Waals surface area contributed by atoms with Gasteiger partial charge in [0, 0.05) is 0 Å². The lowest BCUT2D eigenvalue weighted by Gasteiger charge is -2.16. The van der Waals surface area contributed by atoms with Crippen LogP contribution in [0, 0.1) is 13.8 Å². The maximum atomic E-state index is 5.41. The van der Waals surface area contributed by atoms with Crippen LogP contribution in [0.15, 0.2) is 6.07 Å². The number of hydrogen-bond acceptors (Lipinski definition) is 1. The molecular formula is C13H20O. The number of hydrogen-bond donors (Lipinski definition) is 0. The van der Waals surface area contributed by atoms with E-state index >= 15 is 0 Å². The molecule has 0 fully saturated rings. The van der Waals surface area contributed by atoms with Gasteiger partial charge in [0.15, 0.2) is 0 Å². The topological polar surface area (TPSA) is 9.23 Å². The third kappa shape index (κ3) is 1.77. The number of benzene rings is 1. The van der Waals surface area contributed by atoms with E-state index in [9.17, 15) is 0 Å². The smallest absolute Gasteiger partial charge is 0.122 e. The Balaban J connectivity index is 3.42. The summed E-state index contributed by atoms with van der Waals surface area (Å²) < 4.78 is 5.41. The van der Waals surface area contributed by atoms with Crippen molar-refractivity contribution in [1.29, 1.82) is 0 Å². The summed E-state index contributed by atoms with van der Waals surface area (Å²) in [6, 6.07) is 2.15. The summed E-state index contributed by atoms with van der Waals surface area (Å²) in [4.78, 5) is 0. The largest absolute Gasteiger partial charge is 0.496 e. The van der Waals surface area contributed by atoms with Crippen molar-refractivity contribution in [3.8, 4) is 5.75 Å². The molecule has 0 amide bonds. The monoisotopic (exact) mass is 192 g/mol. The lowest BCUT2D eigenvalue weighted by Crippen LogP contribution is -2.01. The van der Waals surface area contributed by atoms with Gasteiger partial charge in [0.05, 0.1) is 7.11 Å². The van der Waals surface area contributed by atoms with Crippen LogP contribution in [-0.4, -0.2) is 7.11 Å². The van der Waals surface area contributed by atoms with E-state index in [1.165, 1.54) is 22.3 Å². The van der Waals surface area contributed by atoms with E-state index in [1.807, 2.05) is 0 Å². The van der Waals surface area contributed by atoms with E-state index in [0.717, 1.165) is 18.6 Å². The number of aryl methyl sites for hydroxylation is 1. The fraction of sp³-hybridized carbons (Fsp3) is 0.538. The first-order valence-electron chi connectivity index (χ1n) is 5.31. The first-order chi connectivity index (χ1) is 6.65. The molecule has 0 aliphatic carbocycles. The Morgan fingerprint density at radius 2 is 1.64 bits per heavy atom. The third-order valence-electron chi connectivity index (χ3n) is 2.98. The van der Waals surface area contributed by atoms with Gasteiger partial charge in [0.2, 0.25) is 0 Å². The Kier molecular flexibility index (Phi) is 3.56. The molecule has 0 aromatic heterocycles. The zero-order chi connectivity index (χ0) is 10.7. The molecule has 0 aliphatic heterocycles. The van der Waals surface area contributed by atoms with Crippen LogP contribution in [0.5, 0.6) is 5.75 Å². The third-order valence-corrected chi connectivity index (χ3v) is 2.98. The molecule has 0 unspecified atom stereocenters. The zero-order valence-corrected chi connectivity index (χ0v) is 9.90. The van der Waals surface area contributed by atoms with E-state index in [4.69, 9.17) is 4.74 Å². The van der Waals surface area contributed by atoms with Crippen molar-refractivity contribution in [2.75, 3.05) is 7.11 Å². The molecule has 0 bridgehead atoms. The van der Waals surface area contributed by atoms with Crippen LogP contribution in [0.4, 0.5) is 0 Å². The fourth-order valence-electron chi connectivity index (χ4n) is 2.05. The molecule has 1 heteroatoms. The van der Waals surface area contributed by atoms with Gasteiger partial charge < -0.3 is 4.74 Å². The second kappa shape index (κ2) is 4.50. The van der Waals surface area contributed by atoms with E-state index in [0.29, 0.717) is 0 Å². The predicted molar refractivity (Wildman–Crippen MR) is 61.2 cm³/mol. The highest BCUT2D eigenvalue weighted by Crippen LogP contribution is 2.29. The Labute approximate surface area is 87.1 Å². The van der Waals surface area contributed by atoms with Crippen molar-refractivity contribution in [3.05, 3.63) is 28.3 Å². The van der Waals surface area contributed by atoms with E-state index < -0.39 is 0 Å². The molecular weight excluding hydrogens is 172 g/mol. The maximum absolute atomic E-state index is 5.41. The van der Waals surface area contributed by atoms with Crippen LogP contribution in [0.2, 0.25) is 0 Å². The normalized spacial score (nSPS) is 10.4. The first-order valence-corrected chi connectivity index (χ1v) is 5.31. The van der Waals surface area contributed by atoms with Gasteiger partial charge in [-0.2, -0.15) is 0 Å². The van der Waals surface area contributed by atoms with Crippen molar-refractivity contribution < 1.29 is 4.74 Å². The maximum Gasteiger partial charge on any atom is 0.122 e. The zero-order valence-electron chi connectivity index (χ0n) is 9.90. The van der Waals surface area contributed by atoms with Gasteiger partial charge in [-0.05, 0) is 55.0 Å². The van der Waals surface area contributed by atoms with Crippen molar-refractivity contribution in [3.63, 3.8) is 0 Å². The quantitative estimate of drug-likeness (QED) is 0.713. The molecule has 0 heterocycles. The summed E-state index contributed by atoms with van der Waals surface area (Å²) in [5.41, 5.74) is 5.59. The van der Waals surface area contributed by atoms with Gasteiger partial charge in [0.1, 0.15) is 5.75 Å². The molecule has 0 atom stereocenters. The van der Waals surface area contributed by atoms with Crippen LogP contribution >= 0.6 is 0 Å². The summed E-state index contributed by atoms with van der Waals surface area (Å²) in [5, 5.41) is 0. The second-order valence-electron chi connectivity index (χ2n) is 3.68. The van der Waals surface area contributed by atoms with E-state index in [-0.39, 0.29) is 0 Å². The Hall–Kier alpha value is -0.980. The van der Waals surface area contributed by atoms with E-state index in [2.05, 4.69) is 33.8 Å². The highest BCUT2D eigenvalue weighted by molar-refractivity contribution is 5.48. The standard InChI is InChI=1S/C13H20O/c1-6-11-10(4)9(3)8-13(14-5)12(11)7-2/h8H,6-7H2,1-5H3. The predicted octanol–water partition coefficient (Wildman–Crippen LogP) is 3.44. The lowest BCUT2D eigenvalue weighted by atomic mass is 9.93. The van der Waals surface area contributed by atoms with Crippen LogP contribution < -0.4 is 4.74 Å². The summed E-state index contributed by atoms with van der Waals surface area (Å²) in [7, 11) is 1.75. The molecule has 1 aromatic rings. The molecule has 0 saturated carbocycles. The van der Waals surface area contributed by atoms with Gasteiger partial charge in [-0.3, -0.25) is 0 Å². The molecule has 0 saturated heterocycles. The number of methoxy groups -OCH3 is 1. The molecule has 0 aliphatic rings. The van der Waals surface area contributed by atoms with Gasteiger partial charge in [-0.25, -0.2) is 0 Å². The van der Waals surface area contributed by atoms with Crippen LogP contribution in [-0.2, 0) is 12.8 Å². The average molecular weight is 192 g/mol. The Bertz CT molecular complexity index is 326. The average Bonchev–Trinajstić information content (AvgIpc) is 2.20. The SMILES string of the molecule is CCc1c(OC)cc(C)c(C)c1CC. The van der Waals surface area contributed by atoms with Crippen molar-refractivity contribution in [2.24, 2.45) is 0 Å². The van der Waals surface area contributed by atoms with E-state index in [1.54, 1.807) is 7.11 Å². The highest BCUT2D eigenvalue weighted by atomic mass is 16.5. The first kappa shape index (κ1) is 11.1. The summed E-state index contributed by atoms with van der Waals surface area (Å²) >= 11 is 0. The van der Waals surface area contributed by atoms with Crippen LogP contribution in [0.25, 0.3) is 0 Å². The Morgan fingerprint density at radius 3 is 2.07 bits per heavy atom. The lowest BCUT2D eigenvalue weighted by molar-refractivity contribution is 0.409. The molecule has 1 nitrogen and oxygen atoms in total. The molecule has 14 heavy (non-hydrogen) atoms. The van der Waals surface area contributed by atoms with Crippen molar-refractivity contribution >= 4 is 0 Å².